The van der Waals surface area contributed by atoms with E-state index >= 15 is 0 Å². The van der Waals surface area contributed by atoms with E-state index in [4.69, 9.17) is 18.9 Å². The SMILES string of the molecule is O=C(OCCCCCOc1ccc(-c2ccccc2)cc1)[C@H]1[C@H](C(=O)OCCCCCOc2ccc(-c3ccccc3)cc2)[C@H]2C=C[C@@H]1C2. The lowest BCUT2D eigenvalue weighted by molar-refractivity contribution is -0.161. The van der Waals surface area contributed by atoms with Gasteiger partial charge < -0.3 is 18.9 Å². The number of benzene rings is 4. The first-order chi connectivity index (χ1) is 24.2. The van der Waals surface area contributed by atoms with Gasteiger partial charge in [-0.1, -0.05) is 97.1 Å². The molecule has 6 nitrogen and oxygen atoms in total. The van der Waals surface area contributed by atoms with Crippen LogP contribution in [0.1, 0.15) is 44.9 Å². The van der Waals surface area contributed by atoms with Crippen molar-refractivity contribution in [3.63, 3.8) is 0 Å². The van der Waals surface area contributed by atoms with Crippen molar-refractivity contribution < 1.29 is 28.5 Å². The number of hydrogen-bond donors (Lipinski definition) is 0. The number of fused-ring (bicyclic) bond motifs is 2. The summed E-state index contributed by atoms with van der Waals surface area (Å²) in [6.07, 6.45) is 10.0. The average molecular weight is 659 g/mol. The van der Waals surface area contributed by atoms with Gasteiger partial charge in [0.1, 0.15) is 11.5 Å². The van der Waals surface area contributed by atoms with Crippen molar-refractivity contribution in [2.75, 3.05) is 26.4 Å². The van der Waals surface area contributed by atoms with Crippen LogP contribution in [0.2, 0.25) is 0 Å². The van der Waals surface area contributed by atoms with Crippen molar-refractivity contribution >= 4 is 11.9 Å². The molecule has 6 heteroatoms. The summed E-state index contributed by atoms with van der Waals surface area (Å²) in [6, 6.07) is 36.8. The van der Waals surface area contributed by atoms with Gasteiger partial charge in [-0.2, -0.15) is 0 Å². The molecule has 4 aromatic rings. The highest BCUT2D eigenvalue weighted by molar-refractivity contribution is 5.84. The van der Waals surface area contributed by atoms with Gasteiger partial charge in [0.25, 0.3) is 0 Å². The standard InChI is InChI=1S/C43H46O6/c44-42(48-29-11-3-9-27-46-38-23-19-34(20-24-38)32-13-5-1-6-14-32)40-36-17-18-37(31-36)41(40)43(45)49-30-12-4-10-28-47-39-25-21-35(22-26-39)33-15-7-2-8-16-33/h1-2,5-8,13-26,36-37,40-41H,3-4,9-12,27-31H2/t36-,37+,40-,41-/m1/s1. The molecule has 0 aromatic heterocycles. The zero-order valence-corrected chi connectivity index (χ0v) is 28.1. The molecule has 4 aromatic carbocycles. The van der Waals surface area contributed by atoms with Crippen LogP contribution in [-0.2, 0) is 19.1 Å². The highest BCUT2D eigenvalue weighted by Crippen LogP contribution is 2.49. The number of carbonyl (C=O) groups is 2. The van der Waals surface area contributed by atoms with E-state index in [-0.39, 0.29) is 23.8 Å². The first-order valence-corrected chi connectivity index (χ1v) is 17.7. The highest BCUT2D eigenvalue weighted by Gasteiger charge is 2.53. The van der Waals surface area contributed by atoms with Crippen LogP contribution in [0.3, 0.4) is 0 Å². The fourth-order valence-electron chi connectivity index (χ4n) is 6.89. The number of carbonyl (C=O) groups excluding carboxylic acids is 2. The van der Waals surface area contributed by atoms with Crippen LogP contribution in [0.25, 0.3) is 22.3 Å². The Balaban J connectivity index is 0.827. The fraction of sp³-hybridized carbons (Fsp3) is 0.349. The Hall–Kier alpha value is -4.84. The van der Waals surface area contributed by atoms with Crippen LogP contribution in [-0.4, -0.2) is 38.4 Å². The number of rotatable bonds is 18. The maximum Gasteiger partial charge on any atom is 0.310 e. The molecule has 0 radical (unpaired) electrons. The second kappa shape index (κ2) is 17.5. The molecule has 2 bridgehead atoms. The van der Waals surface area contributed by atoms with Crippen molar-refractivity contribution in [2.45, 2.75) is 44.9 Å². The van der Waals surface area contributed by atoms with E-state index in [1.165, 1.54) is 11.1 Å². The van der Waals surface area contributed by atoms with Gasteiger partial charge >= 0.3 is 11.9 Å². The lowest BCUT2D eigenvalue weighted by Crippen LogP contribution is -2.35. The molecule has 2 aliphatic rings. The van der Waals surface area contributed by atoms with Crippen molar-refractivity contribution in [1.29, 1.82) is 0 Å². The molecule has 49 heavy (non-hydrogen) atoms. The monoisotopic (exact) mass is 658 g/mol. The molecule has 0 N–H and O–H groups in total. The molecule has 1 saturated carbocycles. The van der Waals surface area contributed by atoms with Gasteiger partial charge in [0, 0.05) is 0 Å². The lowest BCUT2D eigenvalue weighted by Gasteiger charge is -2.25. The zero-order valence-electron chi connectivity index (χ0n) is 28.1. The summed E-state index contributed by atoms with van der Waals surface area (Å²) in [4.78, 5) is 26.2. The molecule has 6 rings (SSSR count). The molecule has 0 unspecified atom stereocenters. The lowest BCUT2D eigenvalue weighted by atomic mass is 9.83. The molecule has 1 fully saturated rings. The summed E-state index contributed by atoms with van der Waals surface area (Å²) in [7, 11) is 0. The van der Waals surface area contributed by atoms with Crippen LogP contribution in [0, 0.1) is 23.7 Å². The summed E-state index contributed by atoms with van der Waals surface area (Å²) in [5.74, 6) is 0.348. The van der Waals surface area contributed by atoms with E-state index in [0.29, 0.717) is 26.4 Å². The molecule has 254 valence electrons. The Bertz CT molecular complexity index is 1510. The normalized spacial score (nSPS) is 19.0. The van der Waals surface area contributed by atoms with Gasteiger partial charge in [0.05, 0.1) is 38.3 Å². The van der Waals surface area contributed by atoms with Crippen molar-refractivity contribution in [3.8, 4) is 33.8 Å². The van der Waals surface area contributed by atoms with Crippen molar-refractivity contribution in [1.82, 2.24) is 0 Å². The summed E-state index contributed by atoms with van der Waals surface area (Å²) in [5.41, 5.74) is 4.69. The van der Waals surface area contributed by atoms with Gasteiger partial charge in [-0.15, -0.1) is 0 Å². The van der Waals surface area contributed by atoms with Gasteiger partial charge in [0.2, 0.25) is 0 Å². The Morgan fingerprint density at radius 3 is 1.22 bits per heavy atom. The fourth-order valence-corrected chi connectivity index (χ4v) is 6.89. The Morgan fingerprint density at radius 1 is 0.449 bits per heavy atom. The highest BCUT2D eigenvalue weighted by atomic mass is 16.5. The van der Waals surface area contributed by atoms with Gasteiger partial charge in [-0.05, 0) is 103 Å². The number of esters is 2. The summed E-state index contributed by atoms with van der Waals surface area (Å²) >= 11 is 0. The number of ether oxygens (including phenoxy) is 4. The predicted molar refractivity (Wildman–Crippen MR) is 192 cm³/mol. The molecule has 0 aliphatic heterocycles. The molecule has 0 heterocycles. The van der Waals surface area contributed by atoms with Crippen LogP contribution < -0.4 is 9.47 Å². The summed E-state index contributed by atoms with van der Waals surface area (Å²) in [6.45, 7) is 1.92. The van der Waals surface area contributed by atoms with Crippen LogP contribution >= 0.6 is 0 Å². The quantitative estimate of drug-likeness (QED) is 0.0603. The van der Waals surface area contributed by atoms with Gasteiger partial charge in [-0.3, -0.25) is 9.59 Å². The maximum atomic E-state index is 13.1. The molecule has 0 saturated heterocycles. The smallest absolute Gasteiger partial charge is 0.310 e. The Kier molecular flexibility index (Phi) is 12.2. The third kappa shape index (κ3) is 9.41. The molecular formula is C43H46O6. The molecular weight excluding hydrogens is 612 g/mol. The molecule has 0 spiro atoms. The topological polar surface area (TPSA) is 71.1 Å². The largest absolute Gasteiger partial charge is 0.494 e. The molecule has 4 atom stereocenters. The summed E-state index contributed by atoms with van der Waals surface area (Å²) in [5, 5.41) is 0. The van der Waals surface area contributed by atoms with E-state index in [1.54, 1.807) is 0 Å². The summed E-state index contributed by atoms with van der Waals surface area (Å²) < 4.78 is 23.2. The third-order valence-electron chi connectivity index (χ3n) is 9.53. The van der Waals surface area contributed by atoms with Crippen molar-refractivity contribution in [3.05, 3.63) is 121 Å². The minimum Gasteiger partial charge on any atom is -0.494 e. The number of allylic oxidation sites excluding steroid dienone is 2. The number of unbranched alkanes of at least 4 members (excludes halogenated alkanes) is 4. The van der Waals surface area contributed by atoms with Crippen LogP contribution in [0.4, 0.5) is 0 Å². The molecule has 2 aliphatic carbocycles. The minimum atomic E-state index is -0.452. The first kappa shape index (κ1) is 34.0. The van der Waals surface area contributed by atoms with Crippen molar-refractivity contribution in [2.24, 2.45) is 23.7 Å². The zero-order chi connectivity index (χ0) is 33.7. The first-order valence-electron chi connectivity index (χ1n) is 17.7. The molecule has 0 amide bonds. The number of hydrogen-bond acceptors (Lipinski definition) is 6. The second-order valence-electron chi connectivity index (χ2n) is 12.9. The van der Waals surface area contributed by atoms with E-state index in [1.807, 2.05) is 60.7 Å². The van der Waals surface area contributed by atoms with Gasteiger partial charge in [0.15, 0.2) is 0 Å². The van der Waals surface area contributed by atoms with E-state index in [0.717, 1.165) is 67.6 Å². The Labute approximate surface area is 290 Å². The Morgan fingerprint density at radius 2 is 0.816 bits per heavy atom. The van der Waals surface area contributed by atoms with E-state index < -0.39 is 11.8 Å². The van der Waals surface area contributed by atoms with E-state index in [9.17, 15) is 9.59 Å². The predicted octanol–water partition coefficient (Wildman–Crippen LogP) is 9.34. The van der Waals surface area contributed by atoms with Crippen LogP contribution in [0.5, 0.6) is 11.5 Å². The van der Waals surface area contributed by atoms with Crippen LogP contribution in [0.15, 0.2) is 121 Å². The maximum absolute atomic E-state index is 13.1. The van der Waals surface area contributed by atoms with Gasteiger partial charge in [-0.25, -0.2) is 0 Å². The third-order valence-corrected chi connectivity index (χ3v) is 9.53. The second-order valence-corrected chi connectivity index (χ2v) is 12.9. The van der Waals surface area contributed by atoms with E-state index in [2.05, 4.69) is 60.7 Å². The average Bonchev–Trinajstić information content (AvgIpc) is 3.78. The minimum absolute atomic E-state index is 0.0515.